The second-order valence-corrected chi connectivity index (χ2v) is 13.4. The molecule has 14 atom stereocenters. The minimum atomic E-state index is -0.245. The first kappa shape index (κ1) is 35.6. The van der Waals surface area contributed by atoms with Gasteiger partial charge in [0.05, 0.1) is 48.8 Å². The van der Waals surface area contributed by atoms with Crippen LogP contribution in [0.2, 0.25) is 0 Å². The Labute approximate surface area is 255 Å². The van der Waals surface area contributed by atoms with Crippen molar-refractivity contribution < 1.29 is 38.6 Å². The molecule has 0 radical (unpaired) electrons. The van der Waals surface area contributed by atoms with Crippen molar-refractivity contribution in [3.05, 3.63) is 25.3 Å². The van der Waals surface area contributed by atoms with Crippen molar-refractivity contribution >= 4 is 0 Å². The van der Waals surface area contributed by atoms with E-state index in [0.717, 1.165) is 38.5 Å². The summed E-state index contributed by atoms with van der Waals surface area (Å²) in [6.45, 7) is 17.0. The number of ether oxygens (including phenoxy) is 6. The molecule has 2 saturated heterocycles. The molecule has 4 aliphatic rings. The summed E-state index contributed by atoms with van der Waals surface area (Å²) in [5.41, 5.74) is 0. The molecule has 2 saturated carbocycles. The van der Waals surface area contributed by atoms with Gasteiger partial charge in [-0.2, -0.15) is 0 Å². The molecule has 2 aliphatic carbocycles. The summed E-state index contributed by atoms with van der Waals surface area (Å²) in [7, 11) is 3.28. The Kier molecular flexibility index (Phi) is 14.9. The van der Waals surface area contributed by atoms with Crippen molar-refractivity contribution in [1.82, 2.24) is 0 Å². The average Bonchev–Trinajstić information content (AvgIpc) is 3.88. The van der Waals surface area contributed by atoms with E-state index in [1.807, 2.05) is 12.2 Å². The van der Waals surface area contributed by atoms with Crippen LogP contribution >= 0.6 is 0 Å². The number of aliphatic hydroxyl groups is 2. The summed E-state index contributed by atoms with van der Waals surface area (Å²) in [4.78, 5) is 0. The fourth-order valence-electron chi connectivity index (χ4n) is 6.87. The molecule has 2 heterocycles. The normalized spacial score (nSPS) is 40.8. The van der Waals surface area contributed by atoms with E-state index in [-0.39, 0.29) is 48.8 Å². The molecule has 8 heteroatoms. The molecular formula is C34H60O8. The third kappa shape index (κ3) is 10.7. The van der Waals surface area contributed by atoms with Crippen LogP contribution in [-0.2, 0) is 28.4 Å². The van der Waals surface area contributed by atoms with Gasteiger partial charge in [-0.15, -0.1) is 13.2 Å². The lowest BCUT2D eigenvalue weighted by Crippen LogP contribution is -2.45. The zero-order chi connectivity index (χ0) is 30.8. The lowest BCUT2D eigenvalue weighted by atomic mass is 9.86. The predicted molar refractivity (Wildman–Crippen MR) is 164 cm³/mol. The summed E-state index contributed by atoms with van der Waals surface area (Å²) in [6.07, 6.45) is 10.9. The Morgan fingerprint density at radius 2 is 1.05 bits per heavy atom. The van der Waals surface area contributed by atoms with Crippen molar-refractivity contribution in [2.24, 2.45) is 35.5 Å². The van der Waals surface area contributed by atoms with Crippen LogP contribution < -0.4 is 0 Å². The predicted octanol–water partition coefficient (Wildman–Crippen LogP) is 5.50. The number of rotatable bonds is 16. The summed E-state index contributed by atoms with van der Waals surface area (Å²) >= 11 is 0. The van der Waals surface area contributed by atoms with Crippen LogP contribution in [0.1, 0.15) is 79.1 Å². The Hall–Kier alpha value is -0.840. The van der Waals surface area contributed by atoms with Crippen molar-refractivity contribution in [3.8, 4) is 0 Å². The Balaban J connectivity index is 0.000000230. The average molecular weight is 597 g/mol. The molecule has 0 aromatic heterocycles. The summed E-state index contributed by atoms with van der Waals surface area (Å²) in [6, 6.07) is 0. The van der Waals surface area contributed by atoms with Gasteiger partial charge in [0.1, 0.15) is 13.6 Å². The summed E-state index contributed by atoms with van der Waals surface area (Å²) < 4.78 is 34.1. The van der Waals surface area contributed by atoms with E-state index in [9.17, 15) is 10.2 Å². The van der Waals surface area contributed by atoms with Gasteiger partial charge in [0.2, 0.25) is 0 Å². The number of aliphatic hydroxyl groups excluding tert-OH is 2. The fraction of sp³-hybridized carbons (Fsp3) is 0.882. The molecule has 0 amide bonds. The first-order valence-electron chi connectivity index (χ1n) is 16.2. The lowest BCUT2D eigenvalue weighted by Gasteiger charge is -2.40. The Morgan fingerprint density at radius 3 is 1.33 bits per heavy atom. The molecule has 4 rings (SSSR count). The van der Waals surface area contributed by atoms with E-state index in [0.29, 0.717) is 61.9 Å². The van der Waals surface area contributed by atoms with Crippen molar-refractivity contribution in [2.75, 3.05) is 27.8 Å². The topological polar surface area (TPSA) is 95.8 Å². The molecule has 2 aliphatic heterocycles. The maximum absolute atomic E-state index is 10.3. The maximum Gasteiger partial charge on any atom is 0.146 e. The second kappa shape index (κ2) is 17.6. The fourth-order valence-corrected chi connectivity index (χ4v) is 6.87. The highest BCUT2D eigenvalue weighted by molar-refractivity contribution is 4.94. The molecule has 0 aromatic carbocycles. The van der Waals surface area contributed by atoms with Gasteiger partial charge < -0.3 is 38.6 Å². The molecule has 0 aromatic rings. The van der Waals surface area contributed by atoms with Crippen LogP contribution in [0.3, 0.4) is 0 Å². The largest absolute Gasteiger partial charge is 0.393 e. The van der Waals surface area contributed by atoms with E-state index in [4.69, 9.17) is 28.4 Å². The molecule has 244 valence electrons. The zero-order valence-electron chi connectivity index (χ0n) is 27.1. The SMILES string of the molecule is C=CC[C@@H]1O[C@H](C[C@@H](O)[C@@H]2C[C@H]2C)C[C@H](OCOC)[C@H]1C.C=CC[C@@H]1O[C@H](C[C@H](O)[C@@H]2C[C@H]2C)C[C@H](OCOC)[C@H]1C. The van der Waals surface area contributed by atoms with Crippen LogP contribution in [0.5, 0.6) is 0 Å². The van der Waals surface area contributed by atoms with Crippen molar-refractivity contribution in [2.45, 2.75) is 128 Å². The quantitative estimate of drug-likeness (QED) is 0.178. The Bertz CT molecular complexity index is 730. The third-order valence-electron chi connectivity index (χ3n) is 10.0. The van der Waals surface area contributed by atoms with Crippen LogP contribution in [0.4, 0.5) is 0 Å². The number of hydrogen-bond donors (Lipinski definition) is 2. The molecule has 2 N–H and O–H groups in total. The summed E-state index contributed by atoms with van der Waals surface area (Å²) in [5.74, 6) is 2.87. The van der Waals surface area contributed by atoms with E-state index in [1.165, 1.54) is 0 Å². The molecule has 0 unspecified atom stereocenters. The highest BCUT2D eigenvalue weighted by Crippen LogP contribution is 2.44. The number of hydrogen-bond acceptors (Lipinski definition) is 8. The molecular weight excluding hydrogens is 536 g/mol. The maximum atomic E-state index is 10.3. The van der Waals surface area contributed by atoms with Crippen molar-refractivity contribution in [1.29, 1.82) is 0 Å². The third-order valence-corrected chi connectivity index (χ3v) is 10.0. The van der Waals surface area contributed by atoms with E-state index < -0.39 is 0 Å². The van der Waals surface area contributed by atoms with E-state index >= 15 is 0 Å². The molecule has 8 nitrogen and oxygen atoms in total. The van der Waals surface area contributed by atoms with Gasteiger partial charge in [0.15, 0.2) is 0 Å². The molecule has 0 bridgehead atoms. The standard InChI is InChI=1S/2C17H30O4/c2*1-5-6-16-12(3)17(20-10-19-4)9-13(21-16)8-15(18)14-7-11(14)2/h2*5,11-18H,1,6-10H2,2-4H3/t11-,12+,13-,14-,15+,16+,17+;11-,12+,13-,14-,15-,16+,17+/m11/s1. The number of methoxy groups -OCH3 is 2. The van der Waals surface area contributed by atoms with Gasteiger partial charge >= 0.3 is 0 Å². The van der Waals surface area contributed by atoms with Gasteiger partial charge in [0, 0.05) is 38.9 Å². The molecule has 0 spiro atoms. The first-order chi connectivity index (χ1) is 20.1. The minimum absolute atomic E-state index is 0.0656. The van der Waals surface area contributed by atoms with Gasteiger partial charge in [-0.1, -0.05) is 39.8 Å². The second-order valence-electron chi connectivity index (χ2n) is 13.4. The minimum Gasteiger partial charge on any atom is -0.393 e. The van der Waals surface area contributed by atoms with Crippen molar-refractivity contribution in [3.63, 3.8) is 0 Å². The Morgan fingerprint density at radius 1 is 0.690 bits per heavy atom. The van der Waals surface area contributed by atoms with Gasteiger partial charge in [-0.05, 0) is 62.2 Å². The summed E-state index contributed by atoms with van der Waals surface area (Å²) in [5, 5.41) is 20.6. The smallest absolute Gasteiger partial charge is 0.146 e. The van der Waals surface area contributed by atoms with Crippen LogP contribution in [0.25, 0.3) is 0 Å². The highest BCUT2D eigenvalue weighted by atomic mass is 16.7. The monoisotopic (exact) mass is 596 g/mol. The molecule has 42 heavy (non-hydrogen) atoms. The van der Waals surface area contributed by atoms with Crippen LogP contribution in [0, 0.1) is 35.5 Å². The van der Waals surface area contributed by atoms with Gasteiger partial charge in [-0.3, -0.25) is 0 Å². The van der Waals surface area contributed by atoms with Crippen LogP contribution in [0.15, 0.2) is 25.3 Å². The molecule has 4 fully saturated rings. The van der Waals surface area contributed by atoms with Gasteiger partial charge in [0.25, 0.3) is 0 Å². The first-order valence-corrected chi connectivity index (χ1v) is 16.2. The highest BCUT2D eigenvalue weighted by Gasteiger charge is 2.44. The van der Waals surface area contributed by atoms with E-state index in [1.54, 1.807) is 14.2 Å². The van der Waals surface area contributed by atoms with Crippen LogP contribution in [-0.4, -0.2) is 86.9 Å². The van der Waals surface area contributed by atoms with Gasteiger partial charge in [-0.25, -0.2) is 0 Å². The van der Waals surface area contributed by atoms with E-state index in [2.05, 4.69) is 40.9 Å². The zero-order valence-corrected chi connectivity index (χ0v) is 27.1. The lowest BCUT2D eigenvalue weighted by molar-refractivity contribution is -0.181.